The van der Waals surface area contributed by atoms with E-state index >= 15 is 0 Å². The maximum atomic E-state index is 12.2. The van der Waals surface area contributed by atoms with E-state index in [0.29, 0.717) is 13.0 Å². The van der Waals surface area contributed by atoms with Crippen molar-refractivity contribution in [3.63, 3.8) is 0 Å². The van der Waals surface area contributed by atoms with Gasteiger partial charge in [0.1, 0.15) is 6.10 Å². The molecule has 2 N–H and O–H groups in total. The molecular weight excluding hydrogens is 526 g/mol. The molecule has 0 amide bonds. The van der Waals surface area contributed by atoms with E-state index in [2.05, 4.69) is 62.5 Å². The molecule has 1 atom stereocenters. The van der Waals surface area contributed by atoms with Crippen LogP contribution < -0.4 is 5.73 Å². The zero-order valence-electron chi connectivity index (χ0n) is 28.9. The van der Waals surface area contributed by atoms with E-state index in [1.54, 1.807) is 0 Å². The topological polar surface area (TPSA) is 52.3 Å². The Kier molecular flexibility index (Phi) is 35.2. The summed E-state index contributed by atoms with van der Waals surface area (Å²) >= 11 is 0. The average molecular weight is 600 g/mol. The molecule has 0 saturated heterocycles. The van der Waals surface area contributed by atoms with E-state index in [4.69, 9.17) is 10.5 Å². The maximum Gasteiger partial charge on any atom is 0.306 e. The minimum atomic E-state index is -0.0573. The molecule has 1 unspecified atom stereocenters. The van der Waals surface area contributed by atoms with Crippen LogP contribution in [0, 0.1) is 0 Å². The highest BCUT2D eigenvalue weighted by Crippen LogP contribution is 2.18. The lowest BCUT2D eigenvalue weighted by molar-refractivity contribution is -0.150. The van der Waals surface area contributed by atoms with Crippen molar-refractivity contribution in [3.8, 4) is 0 Å². The number of nitrogens with two attached hydrogens (primary N) is 1. The Morgan fingerprint density at radius 1 is 0.512 bits per heavy atom. The summed E-state index contributed by atoms with van der Waals surface area (Å²) in [6.45, 7) is 5.07. The van der Waals surface area contributed by atoms with Gasteiger partial charge in [0.2, 0.25) is 0 Å². The third kappa shape index (κ3) is 34.7. The number of allylic oxidation sites excluding steroid dienone is 8. The number of hydrogen-bond acceptors (Lipinski definition) is 3. The molecule has 3 nitrogen and oxygen atoms in total. The van der Waals surface area contributed by atoms with Crippen molar-refractivity contribution in [3.05, 3.63) is 48.6 Å². The smallest absolute Gasteiger partial charge is 0.306 e. The van der Waals surface area contributed by atoms with Gasteiger partial charge in [-0.05, 0) is 103 Å². The van der Waals surface area contributed by atoms with Gasteiger partial charge in [0, 0.05) is 6.42 Å². The summed E-state index contributed by atoms with van der Waals surface area (Å²) in [4.78, 5) is 12.2. The second kappa shape index (κ2) is 36.6. The summed E-state index contributed by atoms with van der Waals surface area (Å²) in [5.41, 5.74) is 5.59. The van der Waals surface area contributed by atoms with Gasteiger partial charge in [0.25, 0.3) is 0 Å². The Hall–Kier alpha value is -1.61. The zero-order chi connectivity index (χ0) is 31.3. The molecule has 3 heteroatoms. The predicted molar refractivity (Wildman–Crippen MR) is 192 cm³/mol. The molecule has 0 rings (SSSR count). The van der Waals surface area contributed by atoms with E-state index in [9.17, 15) is 4.79 Å². The van der Waals surface area contributed by atoms with Crippen molar-refractivity contribution in [1.29, 1.82) is 0 Å². The molecule has 0 aromatic carbocycles. The van der Waals surface area contributed by atoms with Crippen LogP contribution in [0.25, 0.3) is 0 Å². The van der Waals surface area contributed by atoms with Gasteiger partial charge in [-0.3, -0.25) is 4.79 Å². The van der Waals surface area contributed by atoms with Crippen molar-refractivity contribution in [2.24, 2.45) is 5.73 Å². The van der Waals surface area contributed by atoms with Crippen LogP contribution in [-0.2, 0) is 9.53 Å². The number of carbonyl (C=O) groups is 1. The van der Waals surface area contributed by atoms with Crippen LogP contribution in [0.15, 0.2) is 48.6 Å². The summed E-state index contributed by atoms with van der Waals surface area (Å²) in [6, 6.07) is 0. The molecule has 0 fully saturated rings. The van der Waals surface area contributed by atoms with Crippen LogP contribution in [0.2, 0.25) is 0 Å². The quantitative estimate of drug-likeness (QED) is 0.0464. The number of unbranched alkanes of at least 4 members (excludes halogenated alkanes) is 17. The van der Waals surface area contributed by atoms with Crippen molar-refractivity contribution in [1.82, 2.24) is 0 Å². The highest BCUT2D eigenvalue weighted by molar-refractivity contribution is 5.69. The number of carbonyl (C=O) groups excluding carboxylic acids is 1. The first-order valence-electron chi connectivity index (χ1n) is 18.7. The van der Waals surface area contributed by atoms with Crippen LogP contribution in [-0.4, -0.2) is 18.6 Å². The van der Waals surface area contributed by atoms with E-state index < -0.39 is 0 Å². The van der Waals surface area contributed by atoms with Crippen LogP contribution in [0.5, 0.6) is 0 Å². The van der Waals surface area contributed by atoms with Gasteiger partial charge in [-0.15, -0.1) is 0 Å². The third-order valence-corrected chi connectivity index (χ3v) is 8.09. The van der Waals surface area contributed by atoms with Gasteiger partial charge < -0.3 is 10.5 Å². The largest absolute Gasteiger partial charge is 0.462 e. The van der Waals surface area contributed by atoms with E-state index in [-0.39, 0.29) is 12.1 Å². The Morgan fingerprint density at radius 2 is 0.884 bits per heavy atom. The lowest BCUT2D eigenvalue weighted by Gasteiger charge is -2.18. The molecule has 0 bridgehead atoms. The highest BCUT2D eigenvalue weighted by Gasteiger charge is 2.14. The molecule has 250 valence electrons. The van der Waals surface area contributed by atoms with E-state index in [0.717, 1.165) is 38.5 Å². The molecule has 43 heavy (non-hydrogen) atoms. The fourth-order valence-corrected chi connectivity index (χ4v) is 5.30. The van der Waals surface area contributed by atoms with Gasteiger partial charge in [0.05, 0.1) is 0 Å². The summed E-state index contributed by atoms with van der Waals surface area (Å²) < 4.78 is 5.87. The molecule has 0 heterocycles. The molecule has 0 aliphatic carbocycles. The van der Waals surface area contributed by atoms with Crippen molar-refractivity contribution < 1.29 is 9.53 Å². The van der Waals surface area contributed by atoms with Crippen LogP contribution in [0.3, 0.4) is 0 Å². The number of esters is 1. The second-order valence-corrected chi connectivity index (χ2v) is 12.4. The molecule has 0 aromatic heterocycles. The van der Waals surface area contributed by atoms with Crippen molar-refractivity contribution >= 4 is 5.97 Å². The number of ether oxygens (including phenoxy) is 1. The van der Waals surface area contributed by atoms with Gasteiger partial charge in [0.15, 0.2) is 0 Å². The van der Waals surface area contributed by atoms with Gasteiger partial charge in [-0.2, -0.15) is 0 Å². The summed E-state index contributed by atoms with van der Waals surface area (Å²) in [5, 5.41) is 0. The lowest BCUT2D eigenvalue weighted by atomic mass is 10.0. The van der Waals surface area contributed by atoms with Crippen molar-refractivity contribution in [2.75, 3.05) is 6.54 Å². The summed E-state index contributed by atoms with van der Waals surface area (Å²) in [7, 11) is 0. The Bertz CT molecular complexity index is 678. The molecule has 0 radical (unpaired) electrons. The monoisotopic (exact) mass is 600 g/mol. The first-order valence-corrected chi connectivity index (χ1v) is 18.7. The fourth-order valence-electron chi connectivity index (χ4n) is 5.30. The predicted octanol–water partition coefficient (Wildman–Crippen LogP) is 12.7. The SMILES string of the molecule is CCCCCC=CCC=CCCCCCCCCC(CCCCCCCC=CCC=CCCCCC)OC(=O)CCCN. The van der Waals surface area contributed by atoms with Crippen LogP contribution >= 0.6 is 0 Å². The molecule has 0 aliphatic heterocycles. The Labute approximate surface area is 269 Å². The zero-order valence-corrected chi connectivity index (χ0v) is 28.9. The summed E-state index contributed by atoms with van der Waals surface area (Å²) in [5.74, 6) is -0.0573. The maximum absolute atomic E-state index is 12.2. The van der Waals surface area contributed by atoms with Crippen molar-refractivity contribution in [2.45, 2.75) is 193 Å². The van der Waals surface area contributed by atoms with Gasteiger partial charge in [-0.1, -0.05) is 133 Å². The molecule has 0 saturated carbocycles. The number of hydrogen-bond donors (Lipinski definition) is 1. The Balaban J connectivity index is 3.90. The molecular formula is C40H73NO2. The standard InChI is InChI=1S/C40H73NO2/c1-3-5-7-9-11-13-15-17-19-21-23-25-27-29-31-33-36-39(43-40(42)37-34-38-41)35-32-30-28-26-24-22-20-18-16-14-12-10-8-6-4-2/h11-14,17-20,39H,3-10,15-16,21-38,41H2,1-2H3. The summed E-state index contributed by atoms with van der Waals surface area (Å²) in [6.07, 6.45) is 50.8. The van der Waals surface area contributed by atoms with E-state index in [1.165, 1.54) is 128 Å². The minimum absolute atomic E-state index is 0.0573. The van der Waals surface area contributed by atoms with Crippen LogP contribution in [0.4, 0.5) is 0 Å². The normalized spacial score (nSPS) is 12.9. The second-order valence-electron chi connectivity index (χ2n) is 12.4. The average Bonchev–Trinajstić information content (AvgIpc) is 3.01. The Morgan fingerprint density at radius 3 is 1.28 bits per heavy atom. The van der Waals surface area contributed by atoms with Crippen LogP contribution in [0.1, 0.15) is 187 Å². The highest BCUT2D eigenvalue weighted by atomic mass is 16.5. The molecule has 0 aliphatic rings. The minimum Gasteiger partial charge on any atom is -0.462 e. The third-order valence-electron chi connectivity index (χ3n) is 8.09. The first-order chi connectivity index (χ1) is 21.2. The van der Waals surface area contributed by atoms with Gasteiger partial charge in [-0.25, -0.2) is 0 Å². The molecule has 0 aromatic rings. The van der Waals surface area contributed by atoms with E-state index in [1.807, 2.05) is 0 Å². The van der Waals surface area contributed by atoms with Gasteiger partial charge >= 0.3 is 5.97 Å². The first kappa shape index (κ1) is 41.4. The fraction of sp³-hybridized carbons (Fsp3) is 0.775. The molecule has 0 spiro atoms. The number of rotatable bonds is 33. The lowest BCUT2D eigenvalue weighted by Crippen LogP contribution is -2.19.